The molecule has 47 heavy (non-hydrogen) atoms. The Labute approximate surface area is 274 Å². The fourth-order valence-electron chi connectivity index (χ4n) is 6.27. The number of rotatable bonds is 10. The lowest BCUT2D eigenvalue weighted by atomic mass is 9.94. The Kier molecular flexibility index (Phi) is 9.52. The molecule has 0 saturated carbocycles. The van der Waals surface area contributed by atoms with Gasteiger partial charge in [-0.3, -0.25) is 9.59 Å². The number of ether oxygens (including phenoxy) is 2. The molecule has 1 aliphatic rings. The van der Waals surface area contributed by atoms with Crippen LogP contribution in [0.4, 0.5) is 0 Å². The van der Waals surface area contributed by atoms with E-state index in [9.17, 15) is 19.8 Å². The van der Waals surface area contributed by atoms with E-state index < -0.39 is 30.1 Å². The summed E-state index contributed by atoms with van der Waals surface area (Å²) in [4.78, 5) is 28.9. The molecule has 0 spiro atoms. The van der Waals surface area contributed by atoms with Crippen molar-refractivity contribution < 1.29 is 29.3 Å². The molecule has 2 amide bonds. The summed E-state index contributed by atoms with van der Waals surface area (Å²) in [7, 11) is 3.13. The minimum absolute atomic E-state index is 0.191. The molecule has 0 bridgehead atoms. The fourth-order valence-corrected chi connectivity index (χ4v) is 6.27. The second-order valence-corrected chi connectivity index (χ2v) is 11.8. The number of amides is 2. The third kappa shape index (κ3) is 6.84. The molecule has 0 fully saturated rings. The summed E-state index contributed by atoms with van der Waals surface area (Å²) >= 11 is 0. The summed E-state index contributed by atoms with van der Waals surface area (Å²) in [6.45, 7) is 0.603. The Morgan fingerprint density at radius 1 is 0.787 bits per heavy atom. The molecular formula is C39H38N2O6. The van der Waals surface area contributed by atoms with Crippen LogP contribution in [0.15, 0.2) is 109 Å². The van der Waals surface area contributed by atoms with Crippen LogP contribution in [0.1, 0.15) is 27.0 Å². The lowest BCUT2D eigenvalue weighted by Gasteiger charge is -2.34. The lowest BCUT2D eigenvalue weighted by Crippen LogP contribution is -2.55. The van der Waals surface area contributed by atoms with E-state index in [1.54, 1.807) is 20.3 Å². The van der Waals surface area contributed by atoms with Gasteiger partial charge in [0, 0.05) is 18.7 Å². The monoisotopic (exact) mass is 630 g/mol. The van der Waals surface area contributed by atoms with E-state index >= 15 is 0 Å². The average molecular weight is 631 g/mol. The van der Waals surface area contributed by atoms with Gasteiger partial charge >= 0.3 is 0 Å². The molecule has 8 heteroatoms. The molecule has 0 saturated heterocycles. The number of benzene rings is 5. The predicted molar refractivity (Wildman–Crippen MR) is 181 cm³/mol. The van der Waals surface area contributed by atoms with Gasteiger partial charge in [0.25, 0.3) is 11.8 Å². The summed E-state index contributed by atoms with van der Waals surface area (Å²) in [5.74, 6) is 0.153. The van der Waals surface area contributed by atoms with Crippen molar-refractivity contribution in [2.75, 3.05) is 20.8 Å². The Morgan fingerprint density at radius 3 is 2.15 bits per heavy atom. The zero-order valence-electron chi connectivity index (χ0n) is 26.4. The first-order chi connectivity index (χ1) is 22.9. The third-order valence-electron chi connectivity index (χ3n) is 8.89. The third-order valence-corrected chi connectivity index (χ3v) is 8.89. The van der Waals surface area contributed by atoms with E-state index in [1.807, 2.05) is 103 Å². The van der Waals surface area contributed by atoms with E-state index in [1.165, 1.54) is 4.90 Å². The molecule has 0 aromatic heterocycles. The normalized spacial score (nSPS) is 14.5. The van der Waals surface area contributed by atoms with E-state index in [0.29, 0.717) is 30.0 Å². The van der Waals surface area contributed by atoms with Crippen molar-refractivity contribution in [1.82, 2.24) is 10.2 Å². The van der Waals surface area contributed by atoms with Gasteiger partial charge in [-0.2, -0.15) is 0 Å². The molecule has 8 nitrogen and oxygen atoms in total. The number of nitrogens with zero attached hydrogens (tertiary/aromatic N) is 1. The Hall–Kier alpha value is -5.18. The van der Waals surface area contributed by atoms with E-state index in [0.717, 1.165) is 38.6 Å². The highest BCUT2D eigenvalue weighted by molar-refractivity contribution is 6.07. The topological polar surface area (TPSA) is 108 Å². The number of nitrogens with one attached hydrogen (secondary N) is 1. The van der Waals surface area contributed by atoms with Gasteiger partial charge in [0.2, 0.25) is 0 Å². The van der Waals surface area contributed by atoms with Crippen LogP contribution in [-0.2, 0) is 24.2 Å². The van der Waals surface area contributed by atoms with Gasteiger partial charge < -0.3 is 29.9 Å². The SMILES string of the molecule is COc1cc2c(cc1OC)CN(C(=O)C(O)C(O)C(Cc1ccc(-c3ccccc3)cc1)NC(=O)c1cccc3ccccc13)CC2. The van der Waals surface area contributed by atoms with Gasteiger partial charge in [-0.25, -0.2) is 0 Å². The Balaban J connectivity index is 1.24. The van der Waals surface area contributed by atoms with E-state index in [-0.39, 0.29) is 13.0 Å². The van der Waals surface area contributed by atoms with Crippen molar-refractivity contribution in [2.45, 2.75) is 37.6 Å². The molecule has 5 aromatic carbocycles. The van der Waals surface area contributed by atoms with Crippen LogP contribution in [0.25, 0.3) is 21.9 Å². The first kappa shape index (κ1) is 31.8. The molecule has 5 aromatic rings. The van der Waals surface area contributed by atoms with Crippen molar-refractivity contribution in [3.63, 3.8) is 0 Å². The van der Waals surface area contributed by atoms with Crippen molar-refractivity contribution in [2.24, 2.45) is 0 Å². The first-order valence-corrected chi connectivity index (χ1v) is 15.7. The minimum atomic E-state index is -1.77. The maximum absolute atomic E-state index is 13.7. The van der Waals surface area contributed by atoms with E-state index in [4.69, 9.17) is 9.47 Å². The highest BCUT2D eigenvalue weighted by Crippen LogP contribution is 2.33. The molecule has 3 unspecified atom stereocenters. The van der Waals surface area contributed by atoms with Gasteiger partial charge in [-0.15, -0.1) is 0 Å². The zero-order valence-corrected chi connectivity index (χ0v) is 26.4. The molecule has 1 heterocycles. The summed E-state index contributed by atoms with van der Waals surface area (Å²) < 4.78 is 10.9. The Morgan fingerprint density at radius 2 is 1.43 bits per heavy atom. The summed E-state index contributed by atoms with van der Waals surface area (Å²) in [6.07, 6.45) is -2.60. The number of methoxy groups -OCH3 is 2. The second kappa shape index (κ2) is 14.1. The molecule has 240 valence electrons. The molecule has 0 aliphatic carbocycles. The van der Waals surface area contributed by atoms with Crippen LogP contribution < -0.4 is 14.8 Å². The fraction of sp³-hybridized carbons (Fsp3) is 0.231. The van der Waals surface area contributed by atoms with Crippen LogP contribution in [0, 0.1) is 0 Å². The standard InChI is InChI=1S/C39H38N2O6/c1-46-34-22-29-19-20-41(24-30(29)23-35(34)47-2)39(45)37(43)36(42)33(21-25-15-17-27(18-16-25)26-9-4-3-5-10-26)40-38(44)32-14-8-12-28-11-6-7-13-31(28)32/h3-18,22-23,33,36-37,42-43H,19-21,24H2,1-2H3,(H,40,44). The van der Waals surface area contributed by atoms with Gasteiger partial charge in [-0.1, -0.05) is 91.0 Å². The average Bonchev–Trinajstić information content (AvgIpc) is 3.13. The molecule has 6 rings (SSSR count). The van der Waals surface area contributed by atoms with Gasteiger partial charge in [0.15, 0.2) is 17.6 Å². The summed E-state index contributed by atoms with van der Waals surface area (Å²) in [5, 5.41) is 27.5. The highest BCUT2D eigenvalue weighted by atomic mass is 16.5. The maximum Gasteiger partial charge on any atom is 0.254 e. The largest absolute Gasteiger partial charge is 0.493 e. The van der Waals surface area contributed by atoms with Crippen molar-refractivity contribution in [3.05, 3.63) is 131 Å². The highest BCUT2D eigenvalue weighted by Gasteiger charge is 2.36. The van der Waals surface area contributed by atoms with Crippen LogP contribution in [0.2, 0.25) is 0 Å². The van der Waals surface area contributed by atoms with Crippen molar-refractivity contribution in [3.8, 4) is 22.6 Å². The van der Waals surface area contributed by atoms with Crippen LogP contribution in [0.5, 0.6) is 11.5 Å². The lowest BCUT2D eigenvalue weighted by molar-refractivity contribution is -0.148. The van der Waals surface area contributed by atoms with Crippen molar-refractivity contribution in [1.29, 1.82) is 0 Å². The quantitative estimate of drug-likeness (QED) is 0.197. The Bertz CT molecular complexity index is 1870. The maximum atomic E-state index is 13.7. The smallest absolute Gasteiger partial charge is 0.254 e. The molecular weight excluding hydrogens is 592 g/mol. The number of aliphatic hydroxyl groups excluding tert-OH is 2. The molecule has 3 N–H and O–H groups in total. The van der Waals surface area contributed by atoms with Crippen molar-refractivity contribution >= 4 is 22.6 Å². The second-order valence-electron chi connectivity index (χ2n) is 11.8. The van der Waals surface area contributed by atoms with Crippen LogP contribution >= 0.6 is 0 Å². The number of fused-ring (bicyclic) bond motifs is 2. The van der Waals surface area contributed by atoms with Crippen LogP contribution in [-0.4, -0.2) is 65.9 Å². The summed E-state index contributed by atoms with van der Waals surface area (Å²) in [5.41, 5.74) is 5.28. The number of hydrogen-bond acceptors (Lipinski definition) is 6. The molecule has 1 aliphatic heterocycles. The van der Waals surface area contributed by atoms with Crippen LogP contribution in [0.3, 0.4) is 0 Å². The zero-order chi connectivity index (χ0) is 32.9. The number of hydrogen-bond donors (Lipinski definition) is 3. The van der Waals surface area contributed by atoms with Gasteiger partial charge in [0.1, 0.15) is 6.10 Å². The molecule has 3 atom stereocenters. The molecule has 0 radical (unpaired) electrons. The first-order valence-electron chi connectivity index (χ1n) is 15.7. The number of aliphatic hydroxyl groups is 2. The number of carbonyl (C=O) groups is 2. The van der Waals surface area contributed by atoms with E-state index in [2.05, 4.69) is 5.32 Å². The summed E-state index contributed by atoms with van der Waals surface area (Å²) in [6, 6.07) is 33.6. The van der Waals surface area contributed by atoms with Gasteiger partial charge in [0.05, 0.1) is 20.3 Å². The predicted octanol–water partition coefficient (Wildman–Crippen LogP) is 5.17. The van der Waals surface area contributed by atoms with Gasteiger partial charge in [-0.05, 0) is 69.6 Å². The minimum Gasteiger partial charge on any atom is -0.493 e. The number of carbonyl (C=O) groups excluding carboxylic acids is 2.